The van der Waals surface area contributed by atoms with Crippen LogP contribution < -0.4 is 5.56 Å². The Morgan fingerprint density at radius 3 is 2.81 bits per heavy atom. The van der Waals surface area contributed by atoms with Gasteiger partial charge in [-0.15, -0.1) is 0 Å². The highest BCUT2D eigenvalue weighted by Gasteiger charge is 2.25. The number of aromatic nitrogens is 1. The van der Waals surface area contributed by atoms with E-state index in [0.717, 1.165) is 12.8 Å². The number of rotatable bonds is 2. The number of hydrogen-bond acceptors (Lipinski definition) is 3. The number of aliphatic hydroxyl groups excluding tert-OH is 1. The Balaban J connectivity index is 0.000000606. The van der Waals surface area contributed by atoms with E-state index < -0.39 is 0 Å². The largest absolute Gasteiger partial charge is 0.394 e. The van der Waals surface area contributed by atoms with E-state index in [9.17, 15) is 9.18 Å². The van der Waals surface area contributed by atoms with Gasteiger partial charge < -0.3 is 9.84 Å². The molecule has 90 valence electrons. The van der Waals surface area contributed by atoms with Crippen molar-refractivity contribution >= 4 is 0 Å². The molecule has 2 atom stereocenters. The van der Waals surface area contributed by atoms with E-state index in [1.54, 1.807) is 22.9 Å². The Kier molecular flexibility index (Phi) is 5.14. The maximum atomic E-state index is 11.4. The van der Waals surface area contributed by atoms with Crippen molar-refractivity contribution in [3.8, 4) is 0 Å². The summed E-state index contributed by atoms with van der Waals surface area (Å²) in [4.78, 5) is 11.4. The summed E-state index contributed by atoms with van der Waals surface area (Å²) in [5, 5.41) is 8.89. The summed E-state index contributed by atoms with van der Waals surface area (Å²) in [5.41, 5.74) is -0.0592. The van der Waals surface area contributed by atoms with Crippen LogP contribution in [0.2, 0.25) is 0 Å². The molecule has 5 heteroatoms. The first kappa shape index (κ1) is 12.9. The topological polar surface area (TPSA) is 51.5 Å². The van der Waals surface area contributed by atoms with Crippen LogP contribution in [0.1, 0.15) is 19.1 Å². The zero-order chi connectivity index (χ0) is 12.0. The fourth-order valence-electron chi connectivity index (χ4n) is 1.70. The number of halogens is 1. The number of pyridine rings is 1. The van der Waals surface area contributed by atoms with Crippen molar-refractivity contribution < 1.29 is 14.2 Å². The van der Waals surface area contributed by atoms with Crippen LogP contribution in [0.3, 0.4) is 0 Å². The van der Waals surface area contributed by atoms with Crippen LogP contribution in [0.4, 0.5) is 4.39 Å². The van der Waals surface area contributed by atoms with E-state index in [4.69, 9.17) is 9.84 Å². The van der Waals surface area contributed by atoms with Crippen molar-refractivity contribution in [3.63, 3.8) is 0 Å². The number of aliphatic hydroxyl groups is 1. The third-order valence-corrected chi connectivity index (χ3v) is 2.45. The fraction of sp³-hybridized carbons (Fsp3) is 0.545. The highest BCUT2D eigenvalue weighted by atomic mass is 19.1. The molecule has 1 N–H and O–H groups in total. The molecule has 0 amide bonds. The molecule has 0 spiro atoms. The lowest BCUT2D eigenvalue weighted by Crippen LogP contribution is -2.24. The molecular formula is C11H16FNO3. The number of nitrogens with zero attached hydrogens (tertiary/aromatic N) is 1. The average molecular weight is 229 g/mol. The van der Waals surface area contributed by atoms with Gasteiger partial charge in [0.2, 0.25) is 0 Å². The van der Waals surface area contributed by atoms with Crippen molar-refractivity contribution in [1.82, 2.24) is 4.57 Å². The highest BCUT2D eigenvalue weighted by Crippen LogP contribution is 2.26. The SMILES string of the molecule is CF.O=c1ccccn1C1CCC(CO)O1. The molecule has 0 aromatic carbocycles. The van der Waals surface area contributed by atoms with E-state index >= 15 is 0 Å². The van der Waals surface area contributed by atoms with Crippen molar-refractivity contribution in [2.75, 3.05) is 13.8 Å². The van der Waals surface area contributed by atoms with Gasteiger partial charge in [0.25, 0.3) is 5.56 Å². The number of hydrogen-bond donors (Lipinski definition) is 1. The van der Waals surface area contributed by atoms with E-state index in [2.05, 4.69) is 0 Å². The van der Waals surface area contributed by atoms with Gasteiger partial charge in [0.15, 0.2) is 0 Å². The summed E-state index contributed by atoms with van der Waals surface area (Å²) < 4.78 is 16.6. The van der Waals surface area contributed by atoms with Gasteiger partial charge in [-0.05, 0) is 18.9 Å². The highest BCUT2D eigenvalue weighted by molar-refractivity contribution is 4.94. The minimum atomic E-state index is -0.208. The Labute approximate surface area is 93.3 Å². The molecule has 2 heterocycles. The van der Waals surface area contributed by atoms with Crippen LogP contribution in [0.15, 0.2) is 29.2 Å². The molecule has 2 rings (SSSR count). The lowest BCUT2D eigenvalue weighted by atomic mass is 10.2. The molecule has 0 saturated carbocycles. The van der Waals surface area contributed by atoms with Crippen molar-refractivity contribution in [2.45, 2.75) is 25.2 Å². The molecule has 0 bridgehead atoms. The summed E-state index contributed by atoms with van der Waals surface area (Å²) in [6, 6.07) is 5.02. The summed E-state index contributed by atoms with van der Waals surface area (Å²) in [7, 11) is 0.500. The Hall–Kier alpha value is -1.20. The molecule has 0 radical (unpaired) electrons. The second-order valence-corrected chi connectivity index (χ2v) is 3.42. The Bertz CT molecular complexity index is 366. The van der Waals surface area contributed by atoms with Gasteiger partial charge in [0, 0.05) is 12.3 Å². The molecule has 1 aliphatic heterocycles. The van der Waals surface area contributed by atoms with Crippen LogP contribution in [-0.2, 0) is 4.74 Å². The van der Waals surface area contributed by atoms with Crippen molar-refractivity contribution in [2.24, 2.45) is 0 Å². The number of alkyl halides is 1. The average Bonchev–Trinajstić information content (AvgIpc) is 2.81. The van der Waals surface area contributed by atoms with Crippen molar-refractivity contribution in [3.05, 3.63) is 34.7 Å². The summed E-state index contributed by atoms with van der Waals surface area (Å²) in [5.74, 6) is 0. The molecule has 1 aromatic rings. The minimum Gasteiger partial charge on any atom is -0.394 e. The smallest absolute Gasteiger partial charge is 0.252 e. The normalized spacial score (nSPS) is 23.7. The first-order valence-corrected chi connectivity index (χ1v) is 5.12. The molecule has 1 aliphatic rings. The van der Waals surface area contributed by atoms with Gasteiger partial charge in [-0.2, -0.15) is 0 Å². The summed E-state index contributed by atoms with van der Waals surface area (Å²) in [6.07, 6.45) is 2.98. The van der Waals surface area contributed by atoms with Crippen LogP contribution in [0, 0.1) is 0 Å². The van der Waals surface area contributed by atoms with Gasteiger partial charge in [0.1, 0.15) is 6.23 Å². The van der Waals surface area contributed by atoms with Gasteiger partial charge in [-0.3, -0.25) is 13.8 Å². The molecule has 4 nitrogen and oxygen atoms in total. The van der Waals surface area contributed by atoms with Crippen molar-refractivity contribution in [1.29, 1.82) is 0 Å². The molecular weight excluding hydrogens is 213 g/mol. The lowest BCUT2D eigenvalue weighted by molar-refractivity contribution is -0.0239. The van der Waals surface area contributed by atoms with E-state index in [1.807, 2.05) is 0 Å². The predicted molar refractivity (Wildman–Crippen MR) is 58.0 cm³/mol. The molecule has 0 aliphatic carbocycles. The van der Waals surface area contributed by atoms with Gasteiger partial charge in [0.05, 0.1) is 19.9 Å². The third kappa shape index (κ3) is 2.90. The van der Waals surface area contributed by atoms with Crippen LogP contribution in [-0.4, -0.2) is 29.6 Å². The molecule has 1 fully saturated rings. The van der Waals surface area contributed by atoms with Gasteiger partial charge in [-0.25, -0.2) is 0 Å². The Morgan fingerprint density at radius 1 is 1.50 bits per heavy atom. The zero-order valence-electron chi connectivity index (χ0n) is 9.17. The third-order valence-electron chi connectivity index (χ3n) is 2.45. The number of ether oxygens (including phenoxy) is 1. The molecule has 16 heavy (non-hydrogen) atoms. The monoisotopic (exact) mass is 229 g/mol. The van der Waals surface area contributed by atoms with Crippen LogP contribution in [0.5, 0.6) is 0 Å². The van der Waals surface area contributed by atoms with E-state index in [1.165, 1.54) is 6.07 Å². The maximum absolute atomic E-state index is 11.4. The Morgan fingerprint density at radius 2 is 2.25 bits per heavy atom. The van der Waals surface area contributed by atoms with Crippen LogP contribution >= 0.6 is 0 Å². The summed E-state index contributed by atoms with van der Waals surface area (Å²) >= 11 is 0. The van der Waals surface area contributed by atoms with Gasteiger partial charge >= 0.3 is 0 Å². The minimum absolute atomic E-state index is 0.0259. The first-order valence-electron chi connectivity index (χ1n) is 5.12. The van der Waals surface area contributed by atoms with Crippen LogP contribution in [0.25, 0.3) is 0 Å². The molecule has 1 saturated heterocycles. The predicted octanol–water partition coefficient (Wildman–Crippen LogP) is 1.10. The summed E-state index contributed by atoms with van der Waals surface area (Å²) in [6.45, 7) is 0.0259. The van der Waals surface area contributed by atoms with E-state index in [0.29, 0.717) is 7.18 Å². The standard InChI is InChI=1S/C10H13NO3.CH3F/c12-7-8-4-5-10(14-8)11-6-2-1-3-9(11)13;1-2/h1-3,6,8,10,12H,4-5,7H2;1H3. The lowest BCUT2D eigenvalue weighted by Gasteiger charge is -2.14. The molecule has 2 unspecified atom stereocenters. The fourth-order valence-corrected chi connectivity index (χ4v) is 1.70. The second kappa shape index (κ2) is 6.40. The van der Waals surface area contributed by atoms with Gasteiger partial charge in [-0.1, -0.05) is 6.07 Å². The molecule has 1 aromatic heterocycles. The van der Waals surface area contributed by atoms with E-state index in [-0.39, 0.29) is 24.5 Å². The maximum Gasteiger partial charge on any atom is 0.252 e. The quantitative estimate of drug-likeness (QED) is 0.826. The zero-order valence-corrected chi connectivity index (χ0v) is 9.17. The second-order valence-electron chi connectivity index (χ2n) is 3.42. The first-order chi connectivity index (χ1) is 7.81.